The Hall–Kier alpha value is -4.96. The van der Waals surface area contributed by atoms with Gasteiger partial charge in [0.2, 0.25) is 0 Å². The van der Waals surface area contributed by atoms with E-state index < -0.39 is 55.0 Å². The molecule has 1 amide bonds. The third-order valence-electron chi connectivity index (χ3n) is 8.63. The Labute approximate surface area is 310 Å². The molecular weight excluding hydrogens is 689 g/mol. The summed E-state index contributed by atoms with van der Waals surface area (Å²) in [6.07, 6.45) is 3.19. The number of carbonyl (C=O) groups is 1. The van der Waals surface area contributed by atoms with Gasteiger partial charge in [-0.15, -0.1) is 0 Å². The average molecular weight is 734 g/mol. The largest absolute Gasteiger partial charge is 0.363 e. The topological polar surface area (TPSA) is 118 Å². The molecule has 0 saturated carbocycles. The Morgan fingerprint density at radius 1 is 0.774 bits per heavy atom. The van der Waals surface area contributed by atoms with Crippen LogP contribution in [0.4, 0.5) is 5.82 Å². The van der Waals surface area contributed by atoms with Gasteiger partial charge in [0.05, 0.1) is 24.9 Å². The number of nitrogens with zero attached hydrogens (tertiary/aromatic N) is 2. The molecule has 1 N–H and O–H groups in total. The van der Waals surface area contributed by atoms with Gasteiger partial charge in [-0.05, 0) is 68.7 Å². The normalized spacial score (nSPS) is 17.6. The number of carbonyl (C=O) groups excluding carboxylic acids is 1. The van der Waals surface area contributed by atoms with Crippen LogP contribution in [0.1, 0.15) is 60.8 Å². The monoisotopic (exact) mass is 733 g/mol. The predicted octanol–water partition coefficient (Wildman–Crippen LogP) is 8.37. The Morgan fingerprint density at radius 3 is 1.74 bits per heavy atom. The van der Waals surface area contributed by atoms with E-state index in [1.165, 1.54) is 4.57 Å². The second-order valence-electron chi connectivity index (χ2n) is 13.2. The highest BCUT2D eigenvalue weighted by Crippen LogP contribution is 2.57. The third-order valence-corrected chi connectivity index (χ3v) is 11.0. The average Bonchev–Trinajstić information content (AvgIpc) is 3.16. The van der Waals surface area contributed by atoms with Crippen molar-refractivity contribution in [1.82, 2.24) is 9.55 Å². The number of nitrogens with one attached hydrogen (secondary N) is 1. The maximum Gasteiger partial charge on any atom is 0.363 e. The van der Waals surface area contributed by atoms with Crippen molar-refractivity contribution in [1.29, 1.82) is 0 Å². The SMILES string of the molecule is CC(C)OP(=O)(OC(C)C)[C@H]1C=C[C@@H](n2ccc(NC(=O)c3ccccc3)nc2=O)[C@@H](COC(c2ccccc2)(c2ccccc2)c2ccccc2)O1. The first-order chi connectivity index (χ1) is 25.6. The van der Waals surface area contributed by atoms with E-state index in [1.54, 1.807) is 76.4 Å². The third kappa shape index (κ3) is 8.65. The molecule has 3 atom stereocenters. The highest BCUT2D eigenvalue weighted by Gasteiger charge is 2.45. The molecule has 1 aliphatic heterocycles. The Kier molecular flexibility index (Phi) is 12.0. The van der Waals surface area contributed by atoms with Crippen LogP contribution in [0, 0.1) is 0 Å². The molecule has 0 bridgehead atoms. The summed E-state index contributed by atoms with van der Waals surface area (Å²) >= 11 is 0. The summed E-state index contributed by atoms with van der Waals surface area (Å²) in [6.45, 7) is 7.06. The van der Waals surface area contributed by atoms with Gasteiger partial charge >= 0.3 is 13.3 Å². The predicted molar refractivity (Wildman–Crippen MR) is 205 cm³/mol. The van der Waals surface area contributed by atoms with Crippen molar-refractivity contribution >= 4 is 19.3 Å². The van der Waals surface area contributed by atoms with Gasteiger partial charge in [-0.3, -0.25) is 13.9 Å². The van der Waals surface area contributed by atoms with Crippen LogP contribution in [0.15, 0.2) is 151 Å². The van der Waals surface area contributed by atoms with E-state index in [9.17, 15) is 14.2 Å². The van der Waals surface area contributed by atoms with Crippen molar-refractivity contribution in [3.63, 3.8) is 0 Å². The van der Waals surface area contributed by atoms with E-state index >= 15 is 0 Å². The van der Waals surface area contributed by atoms with Gasteiger partial charge in [0.25, 0.3) is 5.91 Å². The van der Waals surface area contributed by atoms with E-state index in [0.717, 1.165) is 16.7 Å². The fourth-order valence-corrected chi connectivity index (χ4v) is 8.50. The summed E-state index contributed by atoms with van der Waals surface area (Å²) in [7, 11) is -3.88. The number of ether oxygens (including phenoxy) is 2. The minimum Gasteiger partial charge on any atom is -0.358 e. The molecule has 0 fully saturated rings. The van der Waals surface area contributed by atoms with Gasteiger partial charge in [0.1, 0.15) is 17.5 Å². The summed E-state index contributed by atoms with van der Waals surface area (Å²) in [5.41, 5.74) is 1.35. The number of hydrogen-bond donors (Lipinski definition) is 1. The molecule has 0 unspecified atom stereocenters. The zero-order valence-electron chi connectivity index (χ0n) is 30.1. The maximum absolute atomic E-state index is 14.4. The Morgan fingerprint density at radius 2 is 1.26 bits per heavy atom. The quantitative estimate of drug-likeness (QED) is 0.0688. The van der Waals surface area contributed by atoms with E-state index in [-0.39, 0.29) is 12.4 Å². The molecule has 0 saturated heterocycles. The zero-order chi connectivity index (χ0) is 37.4. The summed E-state index contributed by atoms with van der Waals surface area (Å²) in [5.74, 6) is -1.39. The molecule has 4 aromatic carbocycles. The van der Waals surface area contributed by atoms with Crippen LogP contribution >= 0.6 is 7.60 Å². The lowest BCUT2D eigenvalue weighted by Crippen LogP contribution is -2.44. The van der Waals surface area contributed by atoms with Gasteiger partial charge in [-0.1, -0.05) is 115 Å². The first-order valence-electron chi connectivity index (χ1n) is 17.7. The zero-order valence-corrected chi connectivity index (χ0v) is 31.0. The molecule has 53 heavy (non-hydrogen) atoms. The van der Waals surface area contributed by atoms with E-state index in [1.807, 2.05) is 97.1 Å². The molecule has 5 aromatic rings. The van der Waals surface area contributed by atoms with Crippen LogP contribution in [0.5, 0.6) is 0 Å². The van der Waals surface area contributed by atoms with Crippen LogP contribution in [-0.2, 0) is 28.7 Å². The number of benzene rings is 4. The molecule has 0 aliphatic carbocycles. The van der Waals surface area contributed by atoms with Crippen molar-refractivity contribution in [3.8, 4) is 0 Å². The van der Waals surface area contributed by atoms with Gasteiger partial charge in [-0.25, -0.2) is 4.79 Å². The summed E-state index contributed by atoms with van der Waals surface area (Å²) in [4.78, 5) is 30.7. The molecule has 1 aliphatic rings. The Bertz CT molecular complexity index is 1980. The van der Waals surface area contributed by atoms with Crippen molar-refractivity contribution in [3.05, 3.63) is 178 Å². The van der Waals surface area contributed by atoms with E-state index in [0.29, 0.717) is 5.56 Å². The lowest BCUT2D eigenvalue weighted by Gasteiger charge is -2.40. The van der Waals surface area contributed by atoms with Crippen LogP contribution in [-0.4, -0.2) is 46.2 Å². The molecule has 274 valence electrons. The molecule has 0 spiro atoms. The number of aromatic nitrogens is 2. The number of rotatable bonds is 14. The second-order valence-corrected chi connectivity index (χ2v) is 15.2. The molecule has 11 heteroatoms. The van der Waals surface area contributed by atoms with Crippen LogP contribution < -0.4 is 11.0 Å². The molecule has 1 aromatic heterocycles. The summed E-state index contributed by atoms with van der Waals surface area (Å²) in [5, 5.41) is 2.70. The highest BCUT2D eigenvalue weighted by atomic mass is 31.2. The van der Waals surface area contributed by atoms with Gasteiger partial charge in [0.15, 0.2) is 5.85 Å². The second kappa shape index (κ2) is 16.8. The molecule has 0 radical (unpaired) electrons. The lowest BCUT2D eigenvalue weighted by molar-refractivity contribution is -0.0881. The highest BCUT2D eigenvalue weighted by molar-refractivity contribution is 7.54. The number of anilines is 1. The molecule has 6 rings (SSSR count). The lowest BCUT2D eigenvalue weighted by atomic mass is 9.80. The van der Waals surface area contributed by atoms with Gasteiger partial charge in [0, 0.05) is 11.8 Å². The maximum atomic E-state index is 14.4. The van der Waals surface area contributed by atoms with E-state index in [4.69, 9.17) is 18.5 Å². The van der Waals surface area contributed by atoms with Crippen LogP contribution in [0.3, 0.4) is 0 Å². The summed E-state index contributed by atoms with van der Waals surface area (Å²) < 4.78 is 41.5. The van der Waals surface area contributed by atoms with Gasteiger partial charge in [-0.2, -0.15) is 4.98 Å². The van der Waals surface area contributed by atoms with Crippen LogP contribution in [0.25, 0.3) is 0 Å². The van der Waals surface area contributed by atoms with Crippen LogP contribution in [0.2, 0.25) is 0 Å². The molecule has 10 nitrogen and oxygen atoms in total. The Balaban J connectivity index is 1.41. The van der Waals surface area contributed by atoms with Crippen molar-refractivity contribution in [2.24, 2.45) is 0 Å². The fourth-order valence-electron chi connectivity index (χ4n) is 6.42. The first kappa shape index (κ1) is 37.8. The standard InChI is InChI=1S/C42H44N3O7P/c1-30(2)51-53(48,52-31(3)4)39-26-25-36(45-28-27-38(44-41(45)47)43-40(46)32-17-9-5-10-18-32)37(50-39)29-49-42(33-19-11-6-12-20-33,34-21-13-7-14-22-34)35-23-15-8-16-24-35/h5-28,30-31,36-37,39H,29H2,1-4H3,(H,43,44,46,47)/t36-,37-,39+/m1/s1. The van der Waals surface area contributed by atoms with E-state index in [2.05, 4.69) is 10.3 Å². The number of amides is 1. The van der Waals surface area contributed by atoms with Crippen molar-refractivity contribution in [2.75, 3.05) is 11.9 Å². The number of hydrogen-bond acceptors (Lipinski definition) is 8. The van der Waals surface area contributed by atoms with Crippen molar-refractivity contribution < 1.29 is 27.9 Å². The summed E-state index contributed by atoms with van der Waals surface area (Å²) in [6, 6.07) is 39.2. The van der Waals surface area contributed by atoms with Crippen molar-refractivity contribution in [2.45, 2.75) is 63.5 Å². The van der Waals surface area contributed by atoms with Gasteiger partial charge < -0.3 is 23.8 Å². The molecular formula is C42H44N3O7P. The minimum atomic E-state index is -3.88. The smallest absolute Gasteiger partial charge is 0.358 e. The first-order valence-corrected chi connectivity index (χ1v) is 19.3. The molecule has 2 heterocycles. The minimum absolute atomic E-state index is 0.0630. The fraction of sp³-hybridized carbons (Fsp3) is 0.262.